The van der Waals surface area contributed by atoms with Gasteiger partial charge in [-0.25, -0.2) is 4.98 Å². The van der Waals surface area contributed by atoms with E-state index in [2.05, 4.69) is 10.3 Å². The summed E-state index contributed by atoms with van der Waals surface area (Å²) in [4.78, 5) is 16.3. The van der Waals surface area contributed by atoms with Gasteiger partial charge in [0, 0.05) is 17.2 Å². The van der Waals surface area contributed by atoms with Crippen LogP contribution in [0.4, 0.5) is 0 Å². The summed E-state index contributed by atoms with van der Waals surface area (Å²) in [5.41, 5.74) is 2.45. The molecule has 1 unspecified atom stereocenters. The third-order valence-corrected chi connectivity index (χ3v) is 3.67. The Balaban J connectivity index is 1.65. The topological polar surface area (TPSA) is 55.1 Å². The van der Waals surface area contributed by atoms with E-state index in [1.165, 1.54) is 6.08 Å². The Morgan fingerprint density at radius 1 is 1.22 bits per heavy atom. The van der Waals surface area contributed by atoms with Crippen LogP contribution in [0.25, 0.3) is 17.2 Å². The standard InChI is InChI=1S/C18H15ClN2O2/c1-12(13-6-8-14(19)9-7-13)20-17(22)10-11-18-21-15-4-2-3-5-16(15)23-18/h2-12H,1H3,(H,20,22)/b11-10+. The fourth-order valence-electron chi connectivity index (χ4n) is 2.20. The van der Waals surface area contributed by atoms with Gasteiger partial charge in [-0.1, -0.05) is 35.9 Å². The maximum Gasteiger partial charge on any atom is 0.244 e. The molecule has 1 atom stereocenters. The minimum absolute atomic E-state index is 0.118. The Morgan fingerprint density at radius 2 is 1.96 bits per heavy atom. The van der Waals surface area contributed by atoms with Gasteiger partial charge in [0.1, 0.15) is 5.52 Å². The van der Waals surface area contributed by atoms with Gasteiger partial charge in [-0.3, -0.25) is 4.79 Å². The summed E-state index contributed by atoms with van der Waals surface area (Å²) in [6, 6.07) is 14.7. The Hall–Kier alpha value is -2.59. The van der Waals surface area contributed by atoms with Crippen molar-refractivity contribution in [1.82, 2.24) is 10.3 Å². The fourth-order valence-corrected chi connectivity index (χ4v) is 2.33. The lowest BCUT2D eigenvalue weighted by Gasteiger charge is -2.12. The average Bonchev–Trinajstić information content (AvgIpc) is 2.96. The largest absolute Gasteiger partial charge is 0.437 e. The molecule has 0 radical (unpaired) electrons. The van der Waals surface area contributed by atoms with Gasteiger partial charge in [0.15, 0.2) is 5.58 Å². The molecule has 2 aromatic carbocycles. The molecule has 1 heterocycles. The van der Waals surface area contributed by atoms with E-state index in [-0.39, 0.29) is 11.9 Å². The predicted molar refractivity (Wildman–Crippen MR) is 91.1 cm³/mol. The predicted octanol–water partition coefficient (Wildman–Crippen LogP) is 4.37. The van der Waals surface area contributed by atoms with Crippen LogP contribution in [-0.4, -0.2) is 10.9 Å². The summed E-state index contributed by atoms with van der Waals surface area (Å²) in [7, 11) is 0. The second-order valence-corrected chi connectivity index (χ2v) is 5.57. The SMILES string of the molecule is CC(NC(=O)/C=C/c1nc2ccccc2o1)c1ccc(Cl)cc1. The Labute approximate surface area is 138 Å². The first-order chi connectivity index (χ1) is 11.1. The number of nitrogens with one attached hydrogen (secondary N) is 1. The number of hydrogen-bond acceptors (Lipinski definition) is 3. The van der Waals surface area contributed by atoms with Crippen molar-refractivity contribution in [3.05, 3.63) is 71.1 Å². The second kappa shape index (κ2) is 6.67. The van der Waals surface area contributed by atoms with Gasteiger partial charge in [0.05, 0.1) is 6.04 Å². The van der Waals surface area contributed by atoms with Crippen molar-refractivity contribution in [3.63, 3.8) is 0 Å². The third-order valence-electron chi connectivity index (χ3n) is 3.42. The average molecular weight is 327 g/mol. The van der Waals surface area contributed by atoms with Gasteiger partial charge in [0.25, 0.3) is 0 Å². The number of halogens is 1. The maximum absolute atomic E-state index is 12.0. The number of nitrogens with zero attached hydrogens (tertiary/aromatic N) is 1. The van der Waals surface area contributed by atoms with Crippen LogP contribution in [-0.2, 0) is 4.79 Å². The Bertz CT molecular complexity index is 820. The van der Waals surface area contributed by atoms with E-state index >= 15 is 0 Å². The monoisotopic (exact) mass is 326 g/mol. The minimum Gasteiger partial charge on any atom is -0.437 e. The van der Waals surface area contributed by atoms with Crippen LogP contribution in [0.15, 0.2) is 59.0 Å². The first-order valence-corrected chi connectivity index (χ1v) is 7.59. The molecule has 4 nitrogen and oxygen atoms in total. The van der Waals surface area contributed by atoms with Crippen LogP contribution in [0.3, 0.4) is 0 Å². The van der Waals surface area contributed by atoms with Crippen LogP contribution in [0, 0.1) is 0 Å². The van der Waals surface area contributed by atoms with Gasteiger partial charge in [-0.05, 0) is 36.8 Å². The number of amides is 1. The normalized spacial score (nSPS) is 12.6. The summed E-state index contributed by atoms with van der Waals surface area (Å²) < 4.78 is 5.53. The lowest BCUT2D eigenvalue weighted by molar-refractivity contribution is -0.117. The molecular weight excluding hydrogens is 312 g/mol. The molecule has 5 heteroatoms. The molecule has 1 aromatic heterocycles. The summed E-state index contributed by atoms with van der Waals surface area (Å²) in [6.07, 6.45) is 2.97. The second-order valence-electron chi connectivity index (χ2n) is 5.13. The highest BCUT2D eigenvalue weighted by molar-refractivity contribution is 6.30. The van der Waals surface area contributed by atoms with Crippen LogP contribution in [0.1, 0.15) is 24.4 Å². The van der Waals surface area contributed by atoms with Gasteiger partial charge in [0.2, 0.25) is 11.8 Å². The highest BCUT2D eigenvalue weighted by atomic mass is 35.5. The smallest absolute Gasteiger partial charge is 0.244 e. The molecule has 0 bridgehead atoms. The Kier molecular flexibility index (Phi) is 4.44. The molecule has 0 fully saturated rings. The lowest BCUT2D eigenvalue weighted by atomic mass is 10.1. The lowest BCUT2D eigenvalue weighted by Crippen LogP contribution is -2.24. The molecule has 0 saturated carbocycles. The minimum atomic E-state index is -0.213. The van der Waals surface area contributed by atoms with Crippen LogP contribution in [0.5, 0.6) is 0 Å². The van der Waals surface area contributed by atoms with Gasteiger partial charge in [-0.2, -0.15) is 0 Å². The summed E-state index contributed by atoms with van der Waals surface area (Å²) in [6.45, 7) is 1.91. The van der Waals surface area contributed by atoms with Crippen molar-refractivity contribution < 1.29 is 9.21 Å². The summed E-state index contributed by atoms with van der Waals surface area (Å²) in [5, 5.41) is 3.55. The maximum atomic E-state index is 12.0. The number of carbonyl (C=O) groups is 1. The molecule has 0 aliphatic rings. The number of aromatic nitrogens is 1. The van der Waals surface area contributed by atoms with E-state index < -0.39 is 0 Å². The van der Waals surface area contributed by atoms with Crippen molar-refractivity contribution in [2.45, 2.75) is 13.0 Å². The first-order valence-electron chi connectivity index (χ1n) is 7.21. The Morgan fingerprint density at radius 3 is 2.70 bits per heavy atom. The van der Waals surface area contributed by atoms with Crippen molar-refractivity contribution in [1.29, 1.82) is 0 Å². The molecule has 0 aliphatic heterocycles. The molecule has 0 spiro atoms. The third kappa shape index (κ3) is 3.79. The van der Waals surface area contributed by atoms with Crippen molar-refractivity contribution in [2.24, 2.45) is 0 Å². The molecule has 1 N–H and O–H groups in total. The molecule has 3 aromatic rings. The molecule has 23 heavy (non-hydrogen) atoms. The molecular formula is C18H15ClN2O2. The van der Waals surface area contributed by atoms with Gasteiger partial charge in [-0.15, -0.1) is 0 Å². The van der Waals surface area contributed by atoms with Crippen molar-refractivity contribution in [2.75, 3.05) is 0 Å². The van der Waals surface area contributed by atoms with E-state index in [9.17, 15) is 4.79 Å². The number of benzene rings is 2. The number of rotatable bonds is 4. The van der Waals surface area contributed by atoms with E-state index in [0.29, 0.717) is 16.5 Å². The zero-order chi connectivity index (χ0) is 16.2. The molecule has 116 valence electrons. The zero-order valence-electron chi connectivity index (χ0n) is 12.5. The molecule has 0 saturated heterocycles. The van der Waals surface area contributed by atoms with Crippen LogP contribution < -0.4 is 5.32 Å². The number of hydrogen-bond donors (Lipinski definition) is 1. The quantitative estimate of drug-likeness (QED) is 0.724. The fraction of sp³-hybridized carbons (Fsp3) is 0.111. The highest BCUT2D eigenvalue weighted by Gasteiger charge is 2.08. The number of para-hydroxylation sites is 2. The number of carbonyl (C=O) groups excluding carboxylic acids is 1. The summed E-state index contributed by atoms with van der Waals surface area (Å²) >= 11 is 5.86. The van der Waals surface area contributed by atoms with E-state index in [4.69, 9.17) is 16.0 Å². The van der Waals surface area contributed by atoms with E-state index in [1.54, 1.807) is 18.2 Å². The van der Waals surface area contributed by atoms with Crippen molar-refractivity contribution in [3.8, 4) is 0 Å². The van der Waals surface area contributed by atoms with Gasteiger partial charge >= 0.3 is 0 Å². The first kappa shape index (κ1) is 15.3. The molecule has 1 amide bonds. The van der Waals surface area contributed by atoms with Gasteiger partial charge < -0.3 is 9.73 Å². The van der Waals surface area contributed by atoms with Crippen LogP contribution >= 0.6 is 11.6 Å². The molecule has 3 rings (SSSR count). The molecule has 0 aliphatic carbocycles. The summed E-state index contributed by atoms with van der Waals surface area (Å²) in [5.74, 6) is 0.190. The van der Waals surface area contributed by atoms with Crippen LogP contribution in [0.2, 0.25) is 5.02 Å². The van der Waals surface area contributed by atoms with Crippen molar-refractivity contribution >= 4 is 34.7 Å². The number of oxazole rings is 1. The van der Waals surface area contributed by atoms with E-state index in [0.717, 1.165) is 11.1 Å². The number of fused-ring (bicyclic) bond motifs is 1. The zero-order valence-corrected chi connectivity index (χ0v) is 13.2. The highest BCUT2D eigenvalue weighted by Crippen LogP contribution is 2.17. The van der Waals surface area contributed by atoms with E-state index in [1.807, 2.05) is 43.3 Å².